The summed E-state index contributed by atoms with van der Waals surface area (Å²) in [5, 5.41) is 6.56. The van der Waals surface area contributed by atoms with Crippen LogP contribution in [0, 0.1) is 12.8 Å². The smallest absolute Gasteiger partial charge is 0.0897 e. The first-order valence-corrected chi connectivity index (χ1v) is 6.33. The van der Waals surface area contributed by atoms with E-state index in [2.05, 4.69) is 29.5 Å². The van der Waals surface area contributed by atoms with Crippen molar-refractivity contribution < 1.29 is 0 Å². The first kappa shape index (κ1) is 12.6. The van der Waals surface area contributed by atoms with E-state index in [-0.39, 0.29) is 6.04 Å². The lowest BCUT2D eigenvalue weighted by Gasteiger charge is -2.14. The maximum absolute atomic E-state index is 5.96. The molecule has 0 spiro atoms. The molecule has 1 rings (SSSR count). The molecule has 0 aliphatic heterocycles. The third-order valence-electron chi connectivity index (χ3n) is 2.15. The minimum absolute atomic E-state index is 0.254. The van der Waals surface area contributed by atoms with Crippen LogP contribution in [-0.2, 0) is 6.54 Å². The van der Waals surface area contributed by atoms with Crippen molar-refractivity contribution in [3.8, 4) is 0 Å². The van der Waals surface area contributed by atoms with E-state index in [1.54, 1.807) is 11.3 Å². The molecule has 0 bridgehead atoms. The minimum atomic E-state index is 0.254. The maximum Gasteiger partial charge on any atom is 0.0897 e. The predicted octanol–water partition coefficient (Wildman–Crippen LogP) is 1.91. The van der Waals surface area contributed by atoms with E-state index < -0.39 is 0 Å². The lowest BCUT2D eigenvalue weighted by atomic mass is 10.0. The molecule has 0 amide bonds. The number of hydrogen-bond donors (Lipinski definition) is 2. The van der Waals surface area contributed by atoms with Crippen molar-refractivity contribution in [1.29, 1.82) is 0 Å². The highest BCUT2D eigenvalue weighted by molar-refractivity contribution is 7.09. The number of rotatable bonds is 6. The van der Waals surface area contributed by atoms with Crippen LogP contribution in [0.25, 0.3) is 0 Å². The number of thiazole rings is 1. The molecule has 1 atom stereocenters. The Bertz CT molecular complexity index is 283. The third kappa shape index (κ3) is 5.25. The second-order valence-corrected chi connectivity index (χ2v) is 5.44. The molecule has 1 aromatic heterocycles. The molecular weight excluding hydrogens is 206 g/mol. The first-order valence-electron chi connectivity index (χ1n) is 5.45. The molecule has 15 heavy (non-hydrogen) atoms. The average Bonchev–Trinajstić information content (AvgIpc) is 2.50. The molecule has 3 nitrogen and oxygen atoms in total. The quantitative estimate of drug-likeness (QED) is 0.780. The molecule has 0 saturated carbocycles. The summed E-state index contributed by atoms with van der Waals surface area (Å²) in [4.78, 5) is 4.38. The molecule has 86 valence electrons. The fourth-order valence-corrected chi connectivity index (χ4v) is 2.18. The third-order valence-corrected chi connectivity index (χ3v) is 2.98. The number of aromatic nitrogens is 1. The van der Waals surface area contributed by atoms with Gasteiger partial charge in [0.1, 0.15) is 0 Å². The van der Waals surface area contributed by atoms with Crippen molar-refractivity contribution in [2.75, 3.05) is 6.54 Å². The van der Waals surface area contributed by atoms with Gasteiger partial charge in [-0.2, -0.15) is 0 Å². The number of nitrogens with one attached hydrogen (secondary N) is 1. The summed E-state index contributed by atoms with van der Waals surface area (Å²) in [6.45, 7) is 8.12. The van der Waals surface area contributed by atoms with Gasteiger partial charge in [0.15, 0.2) is 0 Å². The van der Waals surface area contributed by atoms with Crippen LogP contribution in [0.5, 0.6) is 0 Å². The van der Waals surface area contributed by atoms with Gasteiger partial charge in [0.25, 0.3) is 0 Å². The molecule has 1 aromatic rings. The molecule has 0 fully saturated rings. The monoisotopic (exact) mass is 227 g/mol. The number of nitrogens with zero attached hydrogens (tertiary/aromatic N) is 1. The van der Waals surface area contributed by atoms with Gasteiger partial charge in [-0.1, -0.05) is 13.8 Å². The molecular formula is C11H21N3S. The van der Waals surface area contributed by atoms with Gasteiger partial charge in [-0.15, -0.1) is 11.3 Å². The van der Waals surface area contributed by atoms with Gasteiger partial charge in [0, 0.05) is 24.5 Å². The lowest BCUT2D eigenvalue weighted by molar-refractivity contribution is 0.466. The SMILES string of the molecule is Cc1nc(CNCC(N)CC(C)C)cs1. The Morgan fingerprint density at radius 1 is 1.53 bits per heavy atom. The summed E-state index contributed by atoms with van der Waals surface area (Å²) in [7, 11) is 0. The second kappa shape index (κ2) is 6.20. The summed E-state index contributed by atoms with van der Waals surface area (Å²) in [6.07, 6.45) is 1.07. The largest absolute Gasteiger partial charge is 0.327 e. The van der Waals surface area contributed by atoms with Crippen molar-refractivity contribution in [2.24, 2.45) is 11.7 Å². The number of nitrogens with two attached hydrogens (primary N) is 1. The van der Waals surface area contributed by atoms with E-state index in [4.69, 9.17) is 5.73 Å². The zero-order chi connectivity index (χ0) is 11.3. The fraction of sp³-hybridized carbons (Fsp3) is 0.727. The van der Waals surface area contributed by atoms with Crippen molar-refractivity contribution in [1.82, 2.24) is 10.3 Å². The molecule has 0 radical (unpaired) electrons. The van der Waals surface area contributed by atoms with E-state index in [1.165, 1.54) is 0 Å². The highest BCUT2D eigenvalue weighted by atomic mass is 32.1. The predicted molar refractivity (Wildman–Crippen MR) is 66.0 cm³/mol. The van der Waals surface area contributed by atoms with Crippen LogP contribution in [-0.4, -0.2) is 17.6 Å². The molecule has 1 unspecified atom stereocenters. The van der Waals surface area contributed by atoms with Crippen LogP contribution in [0.1, 0.15) is 31.0 Å². The number of hydrogen-bond acceptors (Lipinski definition) is 4. The Labute approximate surface area is 96.1 Å². The van der Waals surface area contributed by atoms with E-state index in [9.17, 15) is 0 Å². The Hall–Kier alpha value is -0.450. The van der Waals surface area contributed by atoms with Crippen LogP contribution < -0.4 is 11.1 Å². The first-order chi connectivity index (χ1) is 7.08. The maximum atomic E-state index is 5.96. The zero-order valence-corrected chi connectivity index (χ0v) is 10.6. The Morgan fingerprint density at radius 3 is 2.80 bits per heavy atom. The Kier molecular flexibility index (Phi) is 5.22. The van der Waals surface area contributed by atoms with Gasteiger partial charge >= 0.3 is 0 Å². The van der Waals surface area contributed by atoms with Crippen molar-refractivity contribution >= 4 is 11.3 Å². The minimum Gasteiger partial charge on any atom is -0.327 e. The van der Waals surface area contributed by atoms with Crippen molar-refractivity contribution in [3.63, 3.8) is 0 Å². The van der Waals surface area contributed by atoms with Gasteiger partial charge in [-0.3, -0.25) is 0 Å². The van der Waals surface area contributed by atoms with Crippen LogP contribution in [0.2, 0.25) is 0 Å². The standard InChI is InChI=1S/C11H21N3S/c1-8(2)4-10(12)5-13-6-11-7-15-9(3)14-11/h7-8,10,13H,4-6,12H2,1-3H3. The topological polar surface area (TPSA) is 50.9 Å². The van der Waals surface area contributed by atoms with E-state index in [0.717, 1.165) is 30.2 Å². The van der Waals surface area contributed by atoms with E-state index >= 15 is 0 Å². The van der Waals surface area contributed by atoms with Crippen molar-refractivity contribution in [2.45, 2.75) is 39.8 Å². The summed E-state index contributed by atoms with van der Waals surface area (Å²) in [5.41, 5.74) is 7.08. The van der Waals surface area contributed by atoms with Gasteiger partial charge in [0.2, 0.25) is 0 Å². The van der Waals surface area contributed by atoms with Gasteiger partial charge in [0.05, 0.1) is 10.7 Å². The molecule has 0 aromatic carbocycles. The molecule has 3 N–H and O–H groups in total. The fourth-order valence-electron chi connectivity index (χ4n) is 1.56. The van der Waals surface area contributed by atoms with Crippen LogP contribution in [0.15, 0.2) is 5.38 Å². The summed E-state index contributed by atoms with van der Waals surface area (Å²) in [6, 6.07) is 0.254. The Morgan fingerprint density at radius 2 is 2.27 bits per heavy atom. The lowest BCUT2D eigenvalue weighted by Crippen LogP contribution is -2.34. The molecule has 0 aliphatic carbocycles. The zero-order valence-electron chi connectivity index (χ0n) is 9.79. The Balaban J connectivity index is 2.16. The average molecular weight is 227 g/mol. The summed E-state index contributed by atoms with van der Waals surface area (Å²) < 4.78 is 0. The summed E-state index contributed by atoms with van der Waals surface area (Å²) in [5.74, 6) is 0.670. The molecule has 0 aliphatic rings. The highest BCUT2D eigenvalue weighted by Gasteiger charge is 2.05. The van der Waals surface area contributed by atoms with Gasteiger partial charge in [-0.25, -0.2) is 4.98 Å². The van der Waals surface area contributed by atoms with Crippen LogP contribution in [0.3, 0.4) is 0 Å². The second-order valence-electron chi connectivity index (χ2n) is 4.38. The van der Waals surface area contributed by atoms with Crippen LogP contribution >= 0.6 is 11.3 Å². The van der Waals surface area contributed by atoms with E-state index in [1.807, 2.05) is 6.92 Å². The van der Waals surface area contributed by atoms with Crippen molar-refractivity contribution in [3.05, 3.63) is 16.1 Å². The molecule has 1 heterocycles. The van der Waals surface area contributed by atoms with Gasteiger partial charge in [-0.05, 0) is 19.3 Å². The molecule has 0 saturated heterocycles. The van der Waals surface area contributed by atoms with Crippen LogP contribution in [0.4, 0.5) is 0 Å². The summed E-state index contributed by atoms with van der Waals surface area (Å²) >= 11 is 1.69. The van der Waals surface area contributed by atoms with Gasteiger partial charge < -0.3 is 11.1 Å². The van der Waals surface area contributed by atoms with E-state index in [0.29, 0.717) is 5.92 Å². The highest BCUT2D eigenvalue weighted by Crippen LogP contribution is 2.07. The molecule has 4 heteroatoms. The number of aryl methyl sites for hydroxylation is 1. The normalized spacial score (nSPS) is 13.4.